The minimum Gasteiger partial charge on any atom is -0.389 e. The average molecular weight is 312 g/mol. The Morgan fingerprint density at radius 1 is 1.35 bits per heavy atom. The number of nitro groups is 1. The van der Waals surface area contributed by atoms with Gasteiger partial charge in [-0.1, -0.05) is 15.9 Å². The van der Waals surface area contributed by atoms with Gasteiger partial charge in [0.15, 0.2) is 0 Å². The van der Waals surface area contributed by atoms with Gasteiger partial charge in [0, 0.05) is 10.9 Å². The van der Waals surface area contributed by atoms with E-state index in [0.29, 0.717) is 12.1 Å². The molecule has 1 rings (SSSR count). The average Bonchev–Trinajstić information content (AvgIpc) is 2.29. The Morgan fingerprint density at radius 2 is 1.94 bits per heavy atom. The van der Waals surface area contributed by atoms with E-state index in [2.05, 4.69) is 15.9 Å². The molecule has 0 amide bonds. The van der Waals surface area contributed by atoms with Gasteiger partial charge in [-0.05, 0) is 6.07 Å². The molecule has 0 aromatic heterocycles. The topological polar surface area (TPSA) is 83.6 Å². The number of rotatable bonds is 4. The lowest BCUT2D eigenvalue weighted by molar-refractivity contribution is -0.387. The van der Waals surface area contributed by atoms with Crippen LogP contribution in [0.15, 0.2) is 12.1 Å². The van der Waals surface area contributed by atoms with Crippen molar-refractivity contribution in [1.82, 2.24) is 0 Å². The van der Waals surface area contributed by atoms with Crippen LogP contribution >= 0.6 is 15.9 Å². The number of alkyl halides is 1. The third kappa shape index (κ3) is 2.96. The predicted octanol–water partition coefficient (Wildman–Crippen LogP) is 1.66. The van der Waals surface area contributed by atoms with E-state index >= 15 is 0 Å². The maximum atomic E-state index is 13.4. The highest BCUT2D eigenvalue weighted by Crippen LogP contribution is 2.27. The highest BCUT2D eigenvalue weighted by atomic mass is 79.9. The fourth-order valence-electron chi connectivity index (χ4n) is 1.21. The van der Waals surface area contributed by atoms with Crippen molar-refractivity contribution >= 4 is 21.6 Å². The Labute approximate surface area is 103 Å². The fraction of sp³-hybridized carbons (Fsp3) is 0.333. The summed E-state index contributed by atoms with van der Waals surface area (Å²) in [5.74, 6) is -2.42. The van der Waals surface area contributed by atoms with Crippen LogP contribution in [-0.2, 0) is 0 Å². The Morgan fingerprint density at radius 3 is 2.41 bits per heavy atom. The molecule has 8 heteroatoms. The highest BCUT2D eigenvalue weighted by molar-refractivity contribution is 9.09. The van der Waals surface area contributed by atoms with Crippen molar-refractivity contribution in [3.8, 4) is 0 Å². The van der Waals surface area contributed by atoms with E-state index in [0.717, 1.165) is 0 Å². The molecule has 94 valence electrons. The molecule has 1 aromatic carbocycles. The molecule has 0 saturated carbocycles. The second-order valence-electron chi connectivity index (χ2n) is 3.25. The summed E-state index contributed by atoms with van der Waals surface area (Å²) in [6, 6.07) is 0.874. The van der Waals surface area contributed by atoms with E-state index < -0.39 is 40.0 Å². The number of aliphatic hydroxyl groups excluding tert-OH is 2. The van der Waals surface area contributed by atoms with E-state index in [4.69, 9.17) is 0 Å². The molecule has 0 bridgehead atoms. The molecule has 5 nitrogen and oxygen atoms in total. The van der Waals surface area contributed by atoms with Crippen molar-refractivity contribution in [2.24, 2.45) is 0 Å². The number of halogens is 3. The third-order valence-corrected chi connectivity index (χ3v) is 2.77. The van der Waals surface area contributed by atoms with Crippen molar-refractivity contribution in [2.45, 2.75) is 12.2 Å². The number of nitro benzene ring substituents is 1. The summed E-state index contributed by atoms with van der Waals surface area (Å²) in [7, 11) is 0. The molecule has 0 spiro atoms. The first-order valence-electron chi connectivity index (χ1n) is 4.44. The molecule has 2 N–H and O–H groups in total. The molecule has 2 atom stereocenters. The Hall–Kier alpha value is -1.12. The molecule has 0 fully saturated rings. The first-order chi connectivity index (χ1) is 7.88. The number of aliphatic hydroxyl groups is 2. The summed E-state index contributed by atoms with van der Waals surface area (Å²) in [5, 5.41) is 29.0. The lowest BCUT2D eigenvalue weighted by Gasteiger charge is -2.16. The molecule has 1 aromatic rings. The van der Waals surface area contributed by atoms with Crippen molar-refractivity contribution in [1.29, 1.82) is 0 Å². The van der Waals surface area contributed by atoms with Gasteiger partial charge in [-0.3, -0.25) is 10.1 Å². The molecule has 0 heterocycles. The molecule has 0 saturated heterocycles. The van der Waals surface area contributed by atoms with E-state index in [1.165, 1.54) is 0 Å². The molecular weight excluding hydrogens is 304 g/mol. The largest absolute Gasteiger partial charge is 0.389 e. The molecule has 0 radical (unpaired) electrons. The first-order valence-corrected chi connectivity index (χ1v) is 5.56. The zero-order valence-electron chi connectivity index (χ0n) is 8.31. The zero-order chi connectivity index (χ0) is 13.2. The van der Waals surface area contributed by atoms with Crippen molar-refractivity contribution in [3.63, 3.8) is 0 Å². The van der Waals surface area contributed by atoms with E-state index in [-0.39, 0.29) is 5.33 Å². The van der Waals surface area contributed by atoms with Crippen LogP contribution in [0.2, 0.25) is 0 Å². The van der Waals surface area contributed by atoms with Crippen molar-refractivity contribution < 1.29 is 23.9 Å². The van der Waals surface area contributed by atoms with Gasteiger partial charge in [-0.2, -0.15) is 4.39 Å². The molecule has 17 heavy (non-hydrogen) atoms. The fourth-order valence-corrected chi connectivity index (χ4v) is 1.56. The minimum atomic E-state index is -1.66. The van der Waals surface area contributed by atoms with Crippen LogP contribution in [0, 0.1) is 21.7 Å². The molecule has 2 unspecified atom stereocenters. The standard InChI is InChI=1S/C9H8BrF2NO4/c10-3-8(14)9(15)4-1-6(12)7(13(16)17)2-5(4)11/h1-2,8-9,14-15H,3H2. The molecule has 0 aliphatic rings. The lowest BCUT2D eigenvalue weighted by atomic mass is 10.0. The monoisotopic (exact) mass is 311 g/mol. The van der Waals surface area contributed by atoms with Crippen LogP contribution in [0.5, 0.6) is 0 Å². The van der Waals surface area contributed by atoms with Gasteiger partial charge < -0.3 is 10.2 Å². The quantitative estimate of drug-likeness (QED) is 0.503. The van der Waals surface area contributed by atoms with Gasteiger partial charge in [0.05, 0.1) is 17.1 Å². The van der Waals surface area contributed by atoms with E-state index in [1.54, 1.807) is 0 Å². The van der Waals surface area contributed by atoms with Gasteiger partial charge in [-0.15, -0.1) is 0 Å². The number of benzene rings is 1. The normalized spacial score (nSPS) is 14.4. The van der Waals surface area contributed by atoms with Crippen LogP contribution in [0.25, 0.3) is 0 Å². The highest BCUT2D eigenvalue weighted by Gasteiger charge is 2.25. The summed E-state index contributed by atoms with van der Waals surface area (Å²) < 4.78 is 26.6. The summed E-state index contributed by atoms with van der Waals surface area (Å²) >= 11 is 2.86. The smallest absolute Gasteiger partial charge is 0.307 e. The van der Waals surface area contributed by atoms with Crippen LogP contribution in [0.3, 0.4) is 0 Å². The van der Waals surface area contributed by atoms with Gasteiger partial charge >= 0.3 is 5.69 Å². The number of hydrogen-bond donors (Lipinski definition) is 2. The Bertz CT molecular complexity index is 443. The van der Waals surface area contributed by atoms with E-state index in [9.17, 15) is 29.1 Å². The van der Waals surface area contributed by atoms with Crippen molar-refractivity contribution in [3.05, 3.63) is 39.4 Å². The molecular formula is C9H8BrF2NO4. The summed E-state index contributed by atoms with van der Waals surface area (Å²) in [4.78, 5) is 9.25. The van der Waals surface area contributed by atoms with E-state index in [1.807, 2.05) is 0 Å². The van der Waals surface area contributed by atoms with Crippen LogP contribution in [0.4, 0.5) is 14.5 Å². The van der Waals surface area contributed by atoms with Gasteiger partial charge in [0.1, 0.15) is 11.9 Å². The SMILES string of the molecule is O=[N+]([O-])c1cc(F)c(C(O)C(O)CBr)cc1F. The summed E-state index contributed by atoms with van der Waals surface area (Å²) in [6.07, 6.45) is -3.00. The number of nitrogens with zero attached hydrogens (tertiary/aromatic N) is 1. The zero-order valence-corrected chi connectivity index (χ0v) is 9.89. The maximum Gasteiger partial charge on any atom is 0.307 e. The minimum absolute atomic E-state index is 0.0494. The summed E-state index contributed by atoms with van der Waals surface area (Å²) in [5.41, 5.74) is -1.55. The maximum absolute atomic E-state index is 13.4. The van der Waals surface area contributed by atoms with Crippen molar-refractivity contribution in [2.75, 3.05) is 5.33 Å². The first kappa shape index (κ1) is 13.9. The van der Waals surface area contributed by atoms with Crippen LogP contribution < -0.4 is 0 Å². The van der Waals surface area contributed by atoms with Crippen LogP contribution in [0.1, 0.15) is 11.7 Å². The second-order valence-corrected chi connectivity index (χ2v) is 3.90. The summed E-state index contributed by atoms with van der Waals surface area (Å²) in [6.45, 7) is 0. The van der Waals surface area contributed by atoms with Gasteiger partial charge in [-0.25, -0.2) is 4.39 Å². The lowest BCUT2D eigenvalue weighted by Crippen LogP contribution is -2.20. The predicted molar refractivity (Wildman–Crippen MR) is 57.8 cm³/mol. The van der Waals surface area contributed by atoms with Gasteiger partial charge in [0.2, 0.25) is 5.82 Å². The Kier molecular flexibility index (Phi) is 4.49. The Balaban J connectivity index is 3.20. The number of hydrogen-bond acceptors (Lipinski definition) is 4. The molecule has 0 aliphatic heterocycles. The molecule has 0 aliphatic carbocycles. The third-order valence-electron chi connectivity index (χ3n) is 2.10. The second kappa shape index (κ2) is 5.48. The van der Waals surface area contributed by atoms with Crippen LogP contribution in [-0.4, -0.2) is 26.6 Å². The van der Waals surface area contributed by atoms with Gasteiger partial charge in [0.25, 0.3) is 0 Å².